The summed E-state index contributed by atoms with van der Waals surface area (Å²) in [5.74, 6) is -0.430. The van der Waals surface area contributed by atoms with Crippen LogP contribution >= 0.6 is 15.9 Å². The van der Waals surface area contributed by atoms with Gasteiger partial charge in [0.1, 0.15) is 10.4 Å². The minimum absolute atomic E-state index is 0.197. The first-order valence-electron chi connectivity index (χ1n) is 4.48. The highest BCUT2D eigenvalue weighted by Crippen LogP contribution is 2.04. The molecule has 2 aromatic rings. The van der Waals surface area contributed by atoms with E-state index in [1.165, 1.54) is 23.0 Å². The summed E-state index contributed by atoms with van der Waals surface area (Å²) in [7, 11) is 0. The third-order valence-corrected chi connectivity index (χ3v) is 2.35. The molecule has 0 atom stereocenters. The number of halogens is 2. The van der Waals surface area contributed by atoms with Crippen LogP contribution in [0.5, 0.6) is 0 Å². The number of hydrogen-bond acceptors (Lipinski definition) is 3. The van der Waals surface area contributed by atoms with Crippen molar-refractivity contribution in [1.29, 1.82) is 0 Å². The normalized spacial score (nSPS) is 10.4. The Balaban J connectivity index is 2.34. The number of aromatic nitrogens is 3. The van der Waals surface area contributed by atoms with E-state index in [0.717, 1.165) is 6.20 Å². The molecule has 0 saturated carbocycles. The van der Waals surface area contributed by atoms with Crippen molar-refractivity contribution in [2.24, 2.45) is 0 Å². The third kappa shape index (κ3) is 2.52. The van der Waals surface area contributed by atoms with Crippen LogP contribution in [0.15, 0.2) is 40.0 Å². The van der Waals surface area contributed by atoms with E-state index < -0.39 is 5.82 Å². The molecule has 0 amide bonds. The van der Waals surface area contributed by atoms with Crippen LogP contribution in [0.4, 0.5) is 4.39 Å². The van der Waals surface area contributed by atoms with Crippen LogP contribution in [0.2, 0.25) is 0 Å². The second-order valence-corrected chi connectivity index (χ2v) is 3.98. The van der Waals surface area contributed by atoms with Crippen LogP contribution < -0.4 is 5.56 Å². The van der Waals surface area contributed by atoms with Gasteiger partial charge in [-0.3, -0.25) is 9.78 Å². The molecule has 0 saturated heterocycles. The maximum absolute atomic E-state index is 12.9. The van der Waals surface area contributed by atoms with Crippen LogP contribution in [0.3, 0.4) is 0 Å². The van der Waals surface area contributed by atoms with E-state index in [1.54, 1.807) is 6.07 Å². The first-order chi connectivity index (χ1) is 7.65. The van der Waals surface area contributed by atoms with Gasteiger partial charge in [-0.25, -0.2) is 9.07 Å². The molecule has 0 bridgehead atoms. The van der Waals surface area contributed by atoms with Gasteiger partial charge in [0.05, 0.1) is 12.7 Å². The van der Waals surface area contributed by atoms with E-state index >= 15 is 0 Å². The largest absolute Gasteiger partial charge is 0.268 e. The fraction of sp³-hybridized carbons (Fsp3) is 0.100. The highest BCUT2D eigenvalue weighted by molar-refractivity contribution is 9.10. The lowest BCUT2D eigenvalue weighted by Crippen LogP contribution is -2.22. The molecule has 0 aliphatic rings. The highest BCUT2D eigenvalue weighted by Gasteiger charge is 2.01. The van der Waals surface area contributed by atoms with Gasteiger partial charge in [-0.1, -0.05) is 0 Å². The lowest BCUT2D eigenvalue weighted by Gasteiger charge is -2.04. The summed E-state index contributed by atoms with van der Waals surface area (Å²) in [5, 5.41) is 3.97. The monoisotopic (exact) mass is 283 g/mol. The van der Waals surface area contributed by atoms with Crippen molar-refractivity contribution >= 4 is 15.9 Å². The fourth-order valence-electron chi connectivity index (χ4n) is 1.25. The number of pyridine rings is 1. The quantitative estimate of drug-likeness (QED) is 0.841. The van der Waals surface area contributed by atoms with E-state index in [1.807, 2.05) is 0 Å². The number of hydrogen-bond donors (Lipinski definition) is 0. The molecule has 82 valence electrons. The van der Waals surface area contributed by atoms with E-state index in [-0.39, 0.29) is 12.1 Å². The molecule has 4 nitrogen and oxygen atoms in total. The third-order valence-electron chi connectivity index (χ3n) is 1.93. The standard InChI is InChI=1S/C10H7BrFN3O/c11-9-1-2-10(16)15(14-9)6-7-3-8(12)5-13-4-7/h1-5H,6H2. The van der Waals surface area contributed by atoms with Gasteiger partial charge < -0.3 is 0 Å². The van der Waals surface area contributed by atoms with Gasteiger partial charge in [-0.15, -0.1) is 0 Å². The molecule has 0 radical (unpaired) electrons. The first kappa shape index (κ1) is 10.9. The van der Waals surface area contributed by atoms with Crippen molar-refractivity contribution in [3.05, 3.63) is 56.9 Å². The van der Waals surface area contributed by atoms with E-state index in [9.17, 15) is 9.18 Å². The van der Waals surface area contributed by atoms with Crippen molar-refractivity contribution in [3.63, 3.8) is 0 Å². The maximum Gasteiger partial charge on any atom is 0.267 e. The molecular weight excluding hydrogens is 277 g/mol. The van der Waals surface area contributed by atoms with Crippen LogP contribution in [0.1, 0.15) is 5.56 Å². The molecule has 0 aromatic carbocycles. The van der Waals surface area contributed by atoms with Crippen LogP contribution in [-0.4, -0.2) is 14.8 Å². The molecule has 2 aromatic heterocycles. The van der Waals surface area contributed by atoms with Crippen molar-refractivity contribution in [2.45, 2.75) is 6.54 Å². The Labute approximate surface area is 98.9 Å². The fourth-order valence-corrected chi connectivity index (χ4v) is 1.58. The summed E-state index contributed by atoms with van der Waals surface area (Å²) >= 11 is 3.16. The highest BCUT2D eigenvalue weighted by atomic mass is 79.9. The van der Waals surface area contributed by atoms with Crippen molar-refractivity contribution < 1.29 is 4.39 Å². The summed E-state index contributed by atoms with van der Waals surface area (Å²) in [6.45, 7) is 0.197. The predicted molar refractivity (Wildman–Crippen MR) is 59.5 cm³/mol. The average Bonchev–Trinajstić information content (AvgIpc) is 2.24. The molecule has 2 rings (SSSR count). The van der Waals surface area contributed by atoms with E-state index in [4.69, 9.17) is 0 Å². The Morgan fingerprint density at radius 1 is 1.38 bits per heavy atom. The molecule has 16 heavy (non-hydrogen) atoms. The van der Waals surface area contributed by atoms with Crippen molar-refractivity contribution in [3.8, 4) is 0 Å². The smallest absolute Gasteiger partial charge is 0.267 e. The number of rotatable bonds is 2. The van der Waals surface area contributed by atoms with Gasteiger partial charge in [-0.05, 0) is 33.6 Å². The first-order valence-corrected chi connectivity index (χ1v) is 5.27. The van der Waals surface area contributed by atoms with Gasteiger partial charge in [0.15, 0.2) is 0 Å². The Morgan fingerprint density at radius 2 is 2.19 bits per heavy atom. The Morgan fingerprint density at radius 3 is 2.94 bits per heavy atom. The molecule has 0 aliphatic carbocycles. The Hall–Kier alpha value is -1.56. The van der Waals surface area contributed by atoms with Gasteiger partial charge in [0, 0.05) is 12.3 Å². The molecule has 0 N–H and O–H groups in total. The molecule has 0 aliphatic heterocycles. The SMILES string of the molecule is O=c1ccc(Br)nn1Cc1cncc(F)c1. The zero-order chi connectivity index (χ0) is 11.5. The predicted octanol–water partition coefficient (Wildman–Crippen LogP) is 1.59. The molecule has 0 unspecified atom stereocenters. The van der Waals surface area contributed by atoms with Crippen LogP contribution in [0.25, 0.3) is 0 Å². The number of nitrogens with zero attached hydrogens (tertiary/aromatic N) is 3. The van der Waals surface area contributed by atoms with E-state index in [0.29, 0.717) is 10.2 Å². The van der Waals surface area contributed by atoms with Gasteiger partial charge in [0.25, 0.3) is 5.56 Å². The molecule has 0 fully saturated rings. The minimum atomic E-state index is -0.430. The lowest BCUT2D eigenvalue weighted by molar-refractivity contribution is 0.601. The van der Waals surface area contributed by atoms with Gasteiger partial charge in [0.2, 0.25) is 0 Å². The summed E-state index contributed by atoms with van der Waals surface area (Å²) in [6, 6.07) is 4.27. The van der Waals surface area contributed by atoms with E-state index in [2.05, 4.69) is 26.0 Å². The zero-order valence-electron chi connectivity index (χ0n) is 8.10. The summed E-state index contributed by atoms with van der Waals surface area (Å²) in [5.41, 5.74) is 0.347. The topological polar surface area (TPSA) is 47.8 Å². The van der Waals surface area contributed by atoms with Gasteiger partial charge in [-0.2, -0.15) is 5.10 Å². The second kappa shape index (κ2) is 4.52. The molecule has 0 spiro atoms. The molecule has 6 heteroatoms. The zero-order valence-corrected chi connectivity index (χ0v) is 9.69. The minimum Gasteiger partial charge on any atom is -0.268 e. The van der Waals surface area contributed by atoms with Crippen LogP contribution in [0, 0.1) is 5.82 Å². The molecular formula is C10H7BrFN3O. The molecule has 2 heterocycles. The average molecular weight is 284 g/mol. The van der Waals surface area contributed by atoms with Crippen molar-refractivity contribution in [1.82, 2.24) is 14.8 Å². The summed E-state index contributed by atoms with van der Waals surface area (Å²) < 4.78 is 14.7. The summed E-state index contributed by atoms with van der Waals surface area (Å²) in [4.78, 5) is 15.1. The lowest BCUT2D eigenvalue weighted by atomic mass is 10.3. The van der Waals surface area contributed by atoms with Crippen molar-refractivity contribution in [2.75, 3.05) is 0 Å². The maximum atomic E-state index is 12.9. The van der Waals surface area contributed by atoms with Crippen LogP contribution in [-0.2, 0) is 6.54 Å². The Kier molecular flexibility index (Phi) is 3.09. The summed E-state index contributed by atoms with van der Waals surface area (Å²) in [6.07, 6.45) is 2.61. The second-order valence-electron chi connectivity index (χ2n) is 3.16. The Bertz CT molecular complexity index is 570. The van der Waals surface area contributed by atoms with Gasteiger partial charge >= 0.3 is 0 Å².